The summed E-state index contributed by atoms with van der Waals surface area (Å²) in [6.07, 6.45) is 1.70. The van der Waals surface area contributed by atoms with E-state index in [9.17, 15) is 0 Å². The summed E-state index contributed by atoms with van der Waals surface area (Å²) in [5.41, 5.74) is 1.08. The number of hydrogen-bond acceptors (Lipinski definition) is 5. The van der Waals surface area contributed by atoms with E-state index in [0.717, 1.165) is 29.6 Å². The van der Waals surface area contributed by atoms with E-state index >= 15 is 0 Å². The van der Waals surface area contributed by atoms with Crippen molar-refractivity contribution < 1.29 is 0 Å². The zero-order valence-corrected chi connectivity index (χ0v) is 9.58. The van der Waals surface area contributed by atoms with Crippen molar-refractivity contribution in [2.24, 2.45) is 7.05 Å². The van der Waals surface area contributed by atoms with Crippen molar-refractivity contribution in [3.8, 4) is 0 Å². The molecule has 0 aromatic carbocycles. The molecule has 6 heteroatoms. The second-order valence-corrected chi connectivity index (χ2v) is 4.29. The quantitative estimate of drug-likeness (QED) is 0.835. The monoisotopic (exact) mass is 223 g/mol. The molecule has 0 aliphatic carbocycles. The molecule has 0 aliphatic heterocycles. The summed E-state index contributed by atoms with van der Waals surface area (Å²) in [6.45, 7) is 3.50. The Morgan fingerprint density at radius 1 is 1.47 bits per heavy atom. The standard InChI is InChI=1S/C9H13N5S/c1-7-5-15-9(12-7)4-10-3-8-13-11-6-14(8)2/h5-6,10H,3-4H2,1-2H3. The van der Waals surface area contributed by atoms with E-state index < -0.39 is 0 Å². The molecule has 0 amide bonds. The topological polar surface area (TPSA) is 55.6 Å². The Bertz CT molecular complexity index is 433. The van der Waals surface area contributed by atoms with Crippen LogP contribution in [-0.4, -0.2) is 19.7 Å². The van der Waals surface area contributed by atoms with Crippen LogP contribution in [0.1, 0.15) is 16.5 Å². The molecule has 80 valence electrons. The van der Waals surface area contributed by atoms with E-state index in [1.165, 1.54) is 0 Å². The van der Waals surface area contributed by atoms with Gasteiger partial charge in [-0.3, -0.25) is 0 Å². The van der Waals surface area contributed by atoms with E-state index in [2.05, 4.69) is 25.9 Å². The van der Waals surface area contributed by atoms with Gasteiger partial charge in [0, 0.05) is 24.7 Å². The summed E-state index contributed by atoms with van der Waals surface area (Å²) in [6, 6.07) is 0. The Morgan fingerprint density at radius 3 is 2.93 bits per heavy atom. The maximum atomic E-state index is 4.37. The molecular formula is C9H13N5S. The molecule has 0 atom stereocenters. The molecule has 2 rings (SSSR count). The molecule has 2 heterocycles. The van der Waals surface area contributed by atoms with Gasteiger partial charge in [0.05, 0.1) is 6.54 Å². The largest absolute Gasteiger partial charge is 0.320 e. The van der Waals surface area contributed by atoms with E-state index in [1.54, 1.807) is 17.7 Å². The van der Waals surface area contributed by atoms with Crippen molar-refractivity contribution in [1.82, 2.24) is 25.1 Å². The lowest BCUT2D eigenvalue weighted by atomic mass is 10.5. The van der Waals surface area contributed by atoms with E-state index in [0.29, 0.717) is 0 Å². The molecular weight excluding hydrogens is 210 g/mol. The first-order valence-corrected chi connectivity index (χ1v) is 5.58. The van der Waals surface area contributed by atoms with Crippen LogP contribution in [0.3, 0.4) is 0 Å². The van der Waals surface area contributed by atoms with Gasteiger partial charge in [0.1, 0.15) is 17.2 Å². The molecule has 1 N–H and O–H groups in total. The zero-order valence-electron chi connectivity index (χ0n) is 8.77. The normalized spacial score (nSPS) is 10.8. The first-order chi connectivity index (χ1) is 7.25. The maximum absolute atomic E-state index is 4.37. The van der Waals surface area contributed by atoms with Crippen LogP contribution in [0, 0.1) is 6.92 Å². The molecule has 0 saturated heterocycles. The minimum Gasteiger partial charge on any atom is -0.320 e. The summed E-state index contributed by atoms with van der Waals surface area (Å²) in [7, 11) is 1.94. The van der Waals surface area contributed by atoms with Crippen molar-refractivity contribution in [2.75, 3.05) is 0 Å². The molecule has 2 aromatic rings. The molecule has 0 radical (unpaired) electrons. The van der Waals surface area contributed by atoms with Gasteiger partial charge in [-0.15, -0.1) is 21.5 Å². The smallest absolute Gasteiger partial charge is 0.146 e. The molecule has 2 aromatic heterocycles. The fraction of sp³-hybridized carbons (Fsp3) is 0.444. The Balaban J connectivity index is 1.83. The van der Waals surface area contributed by atoms with Crippen molar-refractivity contribution in [3.05, 3.63) is 28.2 Å². The third-order valence-electron chi connectivity index (χ3n) is 2.03. The van der Waals surface area contributed by atoms with Gasteiger partial charge in [-0.1, -0.05) is 0 Å². The van der Waals surface area contributed by atoms with Crippen LogP contribution in [-0.2, 0) is 20.1 Å². The number of thiazole rings is 1. The number of rotatable bonds is 4. The van der Waals surface area contributed by atoms with Gasteiger partial charge in [0.2, 0.25) is 0 Å². The molecule has 5 nitrogen and oxygen atoms in total. The zero-order chi connectivity index (χ0) is 10.7. The molecule has 15 heavy (non-hydrogen) atoms. The molecule has 0 saturated carbocycles. The highest BCUT2D eigenvalue weighted by Crippen LogP contribution is 2.07. The summed E-state index contributed by atoms with van der Waals surface area (Å²) in [5.74, 6) is 0.934. The van der Waals surface area contributed by atoms with Gasteiger partial charge in [0.15, 0.2) is 0 Å². The van der Waals surface area contributed by atoms with Gasteiger partial charge in [-0.25, -0.2) is 4.98 Å². The molecule has 0 bridgehead atoms. The first-order valence-electron chi connectivity index (χ1n) is 4.70. The number of aryl methyl sites for hydroxylation is 2. The fourth-order valence-corrected chi connectivity index (χ4v) is 1.97. The van der Waals surface area contributed by atoms with Crippen molar-refractivity contribution in [3.63, 3.8) is 0 Å². The van der Waals surface area contributed by atoms with Crippen LogP contribution in [0.25, 0.3) is 0 Å². The third-order valence-corrected chi connectivity index (χ3v) is 3.00. The molecule has 0 unspecified atom stereocenters. The van der Waals surface area contributed by atoms with Crippen LogP contribution in [0.15, 0.2) is 11.7 Å². The average Bonchev–Trinajstić information content (AvgIpc) is 2.77. The third kappa shape index (κ3) is 2.60. The minimum atomic E-state index is 0.717. The maximum Gasteiger partial charge on any atom is 0.146 e. The summed E-state index contributed by atoms with van der Waals surface area (Å²) >= 11 is 1.67. The van der Waals surface area contributed by atoms with Gasteiger partial charge < -0.3 is 9.88 Å². The SMILES string of the molecule is Cc1csc(CNCc2nncn2C)n1. The number of hydrogen-bond donors (Lipinski definition) is 1. The predicted molar refractivity (Wildman–Crippen MR) is 58.4 cm³/mol. The Labute approximate surface area is 92.2 Å². The number of nitrogens with one attached hydrogen (secondary N) is 1. The summed E-state index contributed by atoms with van der Waals surface area (Å²) in [5, 5.41) is 14.2. The fourth-order valence-electron chi connectivity index (χ4n) is 1.23. The van der Waals surface area contributed by atoms with Crippen molar-refractivity contribution in [1.29, 1.82) is 0 Å². The van der Waals surface area contributed by atoms with Crippen LogP contribution >= 0.6 is 11.3 Å². The first kappa shape index (κ1) is 10.3. The van der Waals surface area contributed by atoms with Crippen LogP contribution in [0.2, 0.25) is 0 Å². The Hall–Kier alpha value is -1.27. The van der Waals surface area contributed by atoms with Gasteiger partial charge in [-0.05, 0) is 6.92 Å². The average molecular weight is 223 g/mol. The van der Waals surface area contributed by atoms with E-state index in [-0.39, 0.29) is 0 Å². The van der Waals surface area contributed by atoms with Gasteiger partial charge >= 0.3 is 0 Å². The highest BCUT2D eigenvalue weighted by atomic mass is 32.1. The van der Waals surface area contributed by atoms with E-state index in [1.807, 2.05) is 18.5 Å². The molecule has 0 spiro atoms. The van der Waals surface area contributed by atoms with Gasteiger partial charge in [-0.2, -0.15) is 0 Å². The second kappa shape index (κ2) is 4.50. The van der Waals surface area contributed by atoms with Crippen LogP contribution < -0.4 is 5.32 Å². The summed E-state index contributed by atoms with van der Waals surface area (Å²) in [4.78, 5) is 4.37. The second-order valence-electron chi connectivity index (χ2n) is 3.34. The highest BCUT2D eigenvalue weighted by molar-refractivity contribution is 7.09. The lowest BCUT2D eigenvalue weighted by Crippen LogP contribution is -2.15. The lowest BCUT2D eigenvalue weighted by molar-refractivity contribution is 0.635. The Kier molecular flexibility index (Phi) is 3.08. The lowest BCUT2D eigenvalue weighted by Gasteiger charge is -2.01. The van der Waals surface area contributed by atoms with Crippen LogP contribution in [0.5, 0.6) is 0 Å². The molecule has 0 fully saturated rings. The Morgan fingerprint density at radius 2 is 2.33 bits per heavy atom. The van der Waals surface area contributed by atoms with Gasteiger partial charge in [0.25, 0.3) is 0 Å². The highest BCUT2D eigenvalue weighted by Gasteiger charge is 2.01. The number of aromatic nitrogens is 4. The van der Waals surface area contributed by atoms with Crippen molar-refractivity contribution in [2.45, 2.75) is 20.0 Å². The predicted octanol–water partition coefficient (Wildman–Crippen LogP) is 0.870. The molecule has 0 aliphatic rings. The summed E-state index contributed by atoms with van der Waals surface area (Å²) < 4.78 is 1.90. The van der Waals surface area contributed by atoms with E-state index in [4.69, 9.17) is 0 Å². The van der Waals surface area contributed by atoms with Crippen molar-refractivity contribution >= 4 is 11.3 Å². The minimum absolute atomic E-state index is 0.717. The van der Waals surface area contributed by atoms with Crippen LogP contribution in [0.4, 0.5) is 0 Å². The number of nitrogens with zero attached hydrogens (tertiary/aromatic N) is 4.